The maximum Gasteiger partial charge on any atom is 0.261 e. The van der Waals surface area contributed by atoms with Crippen LogP contribution >= 0.6 is 0 Å². The normalized spacial score (nSPS) is 14.2. The van der Waals surface area contributed by atoms with E-state index in [-0.39, 0.29) is 10.1 Å². The highest BCUT2D eigenvalue weighted by Crippen LogP contribution is 2.34. The fraction of sp³-hybridized carbons (Fsp3) is 0.727. The Morgan fingerprint density at radius 3 is 2.17 bits per heavy atom. The molecule has 0 aliphatic carbocycles. The first-order chi connectivity index (χ1) is 7.90. The SMILES string of the molecule is CN(C)S(=O)(=O)c1c[nH]c([Si](C)(C)C(C)(C)C)n1. The van der Waals surface area contributed by atoms with E-state index < -0.39 is 18.1 Å². The largest absolute Gasteiger partial charge is 0.351 e. The molecule has 7 heteroatoms. The lowest BCUT2D eigenvalue weighted by Crippen LogP contribution is -2.51. The molecule has 0 fully saturated rings. The van der Waals surface area contributed by atoms with Gasteiger partial charge < -0.3 is 4.98 Å². The van der Waals surface area contributed by atoms with Crippen LogP contribution in [-0.4, -0.2) is 44.9 Å². The lowest BCUT2D eigenvalue weighted by molar-refractivity contribution is 0.517. The Hall–Kier alpha value is -0.663. The Balaban J connectivity index is 3.25. The monoisotopic (exact) mass is 289 g/mol. The molecule has 1 N–H and O–H groups in total. The summed E-state index contributed by atoms with van der Waals surface area (Å²) in [5.74, 6) is 0. The highest BCUT2D eigenvalue weighted by atomic mass is 32.2. The van der Waals surface area contributed by atoms with E-state index in [1.807, 2.05) is 0 Å². The number of nitrogens with one attached hydrogen (secondary N) is 1. The zero-order valence-electron chi connectivity index (χ0n) is 12.2. The van der Waals surface area contributed by atoms with E-state index in [1.165, 1.54) is 24.6 Å². The number of aromatic amines is 1. The van der Waals surface area contributed by atoms with Crippen LogP contribution in [0, 0.1) is 0 Å². The summed E-state index contributed by atoms with van der Waals surface area (Å²) in [6, 6.07) is 0. The summed E-state index contributed by atoms with van der Waals surface area (Å²) >= 11 is 0. The van der Waals surface area contributed by atoms with Crippen LogP contribution in [0.15, 0.2) is 11.2 Å². The predicted octanol–water partition coefficient (Wildman–Crippen LogP) is 1.38. The second-order valence-corrected chi connectivity index (χ2v) is 13.6. The van der Waals surface area contributed by atoms with Crippen molar-refractivity contribution >= 4 is 23.5 Å². The van der Waals surface area contributed by atoms with Gasteiger partial charge in [-0.05, 0) is 5.04 Å². The molecule has 5 nitrogen and oxygen atoms in total. The van der Waals surface area contributed by atoms with Gasteiger partial charge >= 0.3 is 0 Å². The molecule has 104 valence electrons. The molecule has 0 atom stereocenters. The van der Waals surface area contributed by atoms with Crippen molar-refractivity contribution in [2.24, 2.45) is 0 Å². The topological polar surface area (TPSA) is 66.1 Å². The fourth-order valence-electron chi connectivity index (χ4n) is 1.30. The number of sulfonamides is 1. The van der Waals surface area contributed by atoms with Gasteiger partial charge in [0.05, 0.1) is 5.45 Å². The van der Waals surface area contributed by atoms with E-state index in [9.17, 15) is 8.42 Å². The molecule has 0 aliphatic heterocycles. The third kappa shape index (κ3) is 2.52. The van der Waals surface area contributed by atoms with Crippen LogP contribution in [0.4, 0.5) is 0 Å². The average Bonchev–Trinajstić information content (AvgIpc) is 2.64. The van der Waals surface area contributed by atoms with Crippen molar-refractivity contribution in [2.45, 2.75) is 43.9 Å². The van der Waals surface area contributed by atoms with E-state index in [4.69, 9.17) is 0 Å². The Morgan fingerprint density at radius 2 is 1.78 bits per heavy atom. The first kappa shape index (κ1) is 15.4. The molecule has 0 unspecified atom stereocenters. The summed E-state index contributed by atoms with van der Waals surface area (Å²) in [5, 5.41) is 0.219. The van der Waals surface area contributed by atoms with E-state index in [0.717, 1.165) is 5.45 Å². The first-order valence-electron chi connectivity index (χ1n) is 5.89. The number of nitrogens with zero attached hydrogens (tertiary/aromatic N) is 2. The summed E-state index contributed by atoms with van der Waals surface area (Å²) in [7, 11) is -2.25. The van der Waals surface area contributed by atoms with Crippen molar-refractivity contribution < 1.29 is 8.42 Å². The third-order valence-corrected chi connectivity index (χ3v) is 10.7. The molecule has 1 aromatic heterocycles. The van der Waals surface area contributed by atoms with Gasteiger partial charge in [0.1, 0.15) is 8.07 Å². The van der Waals surface area contributed by atoms with Gasteiger partial charge in [-0.3, -0.25) is 0 Å². The van der Waals surface area contributed by atoms with Gasteiger partial charge in [-0.1, -0.05) is 33.9 Å². The molecule has 0 saturated heterocycles. The number of imidazole rings is 1. The summed E-state index contributed by atoms with van der Waals surface area (Å²) in [6.07, 6.45) is 1.49. The highest BCUT2D eigenvalue weighted by Gasteiger charge is 2.40. The fourth-order valence-corrected chi connectivity index (χ4v) is 3.71. The molecule has 1 aromatic rings. The minimum atomic E-state index is -3.45. The molecule has 0 radical (unpaired) electrons. The average molecular weight is 289 g/mol. The highest BCUT2D eigenvalue weighted by molar-refractivity contribution is 7.89. The zero-order chi connectivity index (χ0) is 14.4. The van der Waals surface area contributed by atoms with Crippen LogP contribution in [0.3, 0.4) is 0 Å². The zero-order valence-corrected chi connectivity index (χ0v) is 14.0. The molecule has 1 heterocycles. The molecule has 1 rings (SSSR count). The van der Waals surface area contributed by atoms with Crippen LogP contribution in [-0.2, 0) is 10.0 Å². The van der Waals surface area contributed by atoms with Gasteiger partial charge in [0.15, 0.2) is 5.03 Å². The number of hydrogen-bond donors (Lipinski definition) is 1. The molecule has 0 aliphatic rings. The second kappa shape index (κ2) is 4.46. The number of H-pyrrole nitrogens is 1. The predicted molar refractivity (Wildman–Crippen MR) is 76.3 cm³/mol. The van der Waals surface area contributed by atoms with E-state index in [0.29, 0.717) is 0 Å². The van der Waals surface area contributed by atoms with Crippen molar-refractivity contribution in [1.82, 2.24) is 14.3 Å². The smallest absolute Gasteiger partial charge is 0.261 e. The van der Waals surface area contributed by atoms with E-state index >= 15 is 0 Å². The number of rotatable bonds is 3. The Morgan fingerprint density at radius 1 is 1.28 bits per heavy atom. The molecular formula is C11H23N3O2SSi. The van der Waals surface area contributed by atoms with E-state index in [2.05, 4.69) is 43.8 Å². The molecular weight excluding hydrogens is 266 g/mol. The Kier molecular flexibility index (Phi) is 3.82. The lowest BCUT2D eigenvalue weighted by atomic mass is 10.2. The minimum Gasteiger partial charge on any atom is -0.351 e. The number of aromatic nitrogens is 2. The molecule has 0 saturated carbocycles. The van der Waals surface area contributed by atoms with Crippen molar-refractivity contribution in [2.75, 3.05) is 14.1 Å². The van der Waals surface area contributed by atoms with Crippen LogP contribution in [0.2, 0.25) is 18.1 Å². The molecule has 0 aromatic carbocycles. The third-order valence-electron chi connectivity index (χ3n) is 3.77. The lowest BCUT2D eigenvalue weighted by Gasteiger charge is -2.34. The molecule has 0 spiro atoms. The molecule has 0 amide bonds. The van der Waals surface area contributed by atoms with Gasteiger partial charge in [0.2, 0.25) is 0 Å². The summed E-state index contributed by atoms with van der Waals surface area (Å²) in [4.78, 5) is 7.38. The van der Waals surface area contributed by atoms with Gasteiger partial charge in [-0.2, -0.15) is 0 Å². The summed E-state index contributed by atoms with van der Waals surface area (Å²) < 4.78 is 25.1. The Labute approximate surface area is 111 Å². The summed E-state index contributed by atoms with van der Waals surface area (Å²) in [6.45, 7) is 10.9. The maximum atomic E-state index is 12.0. The Bertz CT molecular complexity index is 527. The second-order valence-electron chi connectivity index (χ2n) is 6.25. The van der Waals surface area contributed by atoms with Gasteiger partial charge in [-0.25, -0.2) is 17.7 Å². The van der Waals surface area contributed by atoms with Gasteiger partial charge in [0, 0.05) is 20.3 Å². The summed E-state index contributed by atoms with van der Waals surface area (Å²) in [5.41, 5.74) is 0.829. The van der Waals surface area contributed by atoms with Crippen LogP contribution in [0.1, 0.15) is 20.8 Å². The molecule has 0 bridgehead atoms. The van der Waals surface area contributed by atoms with Gasteiger partial charge in [-0.15, -0.1) is 0 Å². The van der Waals surface area contributed by atoms with Crippen molar-refractivity contribution in [3.63, 3.8) is 0 Å². The van der Waals surface area contributed by atoms with Crippen molar-refractivity contribution in [3.05, 3.63) is 6.20 Å². The standard InChI is InChI=1S/C11H23N3O2SSi/c1-11(2,3)18(6,7)10-12-8-9(13-10)17(15,16)14(4)5/h8H,1-7H3,(H,12,13). The van der Waals surface area contributed by atoms with Crippen LogP contribution < -0.4 is 5.45 Å². The maximum absolute atomic E-state index is 12.0. The molecule has 18 heavy (non-hydrogen) atoms. The first-order valence-corrected chi connectivity index (χ1v) is 10.3. The van der Waals surface area contributed by atoms with E-state index in [1.54, 1.807) is 0 Å². The van der Waals surface area contributed by atoms with Crippen LogP contribution in [0.25, 0.3) is 0 Å². The minimum absolute atomic E-state index is 0.104. The quantitative estimate of drug-likeness (QED) is 0.855. The van der Waals surface area contributed by atoms with Crippen LogP contribution in [0.5, 0.6) is 0 Å². The van der Waals surface area contributed by atoms with Crippen molar-refractivity contribution in [3.8, 4) is 0 Å². The van der Waals surface area contributed by atoms with Crippen molar-refractivity contribution in [1.29, 1.82) is 0 Å². The number of hydrogen-bond acceptors (Lipinski definition) is 3. The van der Waals surface area contributed by atoms with Gasteiger partial charge in [0.25, 0.3) is 10.0 Å².